The minimum Gasteiger partial charge on any atom is -0.335 e. The molecule has 2 aromatic rings. The number of para-hydroxylation sites is 1. The van der Waals surface area contributed by atoms with Gasteiger partial charge in [0.1, 0.15) is 0 Å². The number of urea groups is 1. The molecule has 0 saturated carbocycles. The lowest BCUT2D eigenvalue weighted by atomic mass is 10.1. The largest absolute Gasteiger partial charge is 0.335 e. The molecular weight excluding hydrogens is 340 g/mol. The molecule has 0 aromatic heterocycles. The quantitative estimate of drug-likeness (QED) is 0.761. The molecule has 3 rings (SSSR count). The Kier molecular flexibility index (Phi) is 6.44. The molecule has 0 radical (unpaired) electrons. The van der Waals surface area contributed by atoms with Gasteiger partial charge < -0.3 is 16.0 Å². The number of hydrogen-bond acceptors (Lipinski definition) is 3. The van der Waals surface area contributed by atoms with Crippen LogP contribution >= 0.6 is 0 Å². The van der Waals surface area contributed by atoms with Crippen molar-refractivity contribution >= 4 is 23.3 Å². The van der Waals surface area contributed by atoms with Crippen LogP contribution in [-0.4, -0.2) is 42.5 Å². The molecule has 6 heteroatoms. The monoisotopic (exact) mass is 366 g/mol. The van der Waals surface area contributed by atoms with Gasteiger partial charge in [0.2, 0.25) is 5.91 Å². The van der Waals surface area contributed by atoms with Crippen molar-refractivity contribution in [3.8, 4) is 0 Å². The first-order valence-electron chi connectivity index (χ1n) is 9.30. The Hall–Kier alpha value is -2.86. The normalized spacial score (nSPS) is 15.1. The number of anilines is 2. The number of amides is 3. The molecular formula is C21H26N4O2. The van der Waals surface area contributed by atoms with Crippen LogP contribution in [0.15, 0.2) is 54.6 Å². The predicted molar refractivity (Wildman–Crippen MR) is 108 cm³/mol. The summed E-state index contributed by atoms with van der Waals surface area (Å²) in [6.45, 7) is 3.97. The Morgan fingerprint density at radius 1 is 0.926 bits per heavy atom. The molecule has 27 heavy (non-hydrogen) atoms. The molecule has 1 fully saturated rings. The summed E-state index contributed by atoms with van der Waals surface area (Å²) in [5.74, 6) is -0.00733. The Bertz CT molecular complexity index is 754. The second-order valence-electron chi connectivity index (χ2n) is 6.93. The first kappa shape index (κ1) is 18.9. The zero-order valence-corrected chi connectivity index (χ0v) is 15.6. The Morgan fingerprint density at radius 2 is 1.56 bits per heavy atom. The van der Waals surface area contributed by atoms with Crippen LogP contribution in [0, 0.1) is 6.92 Å². The molecule has 3 amide bonds. The fraction of sp³-hybridized carbons (Fsp3) is 0.333. The van der Waals surface area contributed by atoms with Gasteiger partial charge in [0.15, 0.2) is 0 Å². The second-order valence-corrected chi connectivity index (χ2v) is 6.93. The number of piperidine rings is 1. The number of nitrogens with zero attached hydrogens (tertiary/aromatic N) is 1. The maximum absolute atomic E-state index is 12.2. The van der Waals surface area contributed by atoms with Gasteiger partial charge in [-0.1, -0.05) is 35.9 Å². The zero-order chi connectivity index (χ0) is 19.1. The summed E-state index contributed by atoms with van der Waals surface area (Å²) in [5.41, 5.74) is 2.76. The van der Waals surface area contributed by atoms with Crippen molar-refractivity contribution in [2.24, 2.45) is 0 Å². The highest BCUT2D eigenvalue weighted by Crippen LogP contribution is 2.12. The van der Waals surface area contributed by atoms with Gasteiger partial charge >= 0.3 is 6.03 Å². The summed E-state index contributed by atoms with van der Waals surface area (Å²) >= 11 is 0. The van der Waals surface area contributed by atoms with Crippen molar-refractivity contribution in [2.75, 3.05) is 30.3 Å². The summed E-state index contributed by atoms with van der Waals surface area (Å²) in [7, 11) is 0. The third-order valence-electron chi connectivity index (χ3n) is 4.66. The van der Waals surface area contributed by atoms with E-state index >= 15 is 0 Å². The van der Waals surface area contributed by atoms with E-state index in [1.165, 1.54) is 5.56 Å². The molecule has 0 spiro atoms. The maximum Gasteiger partial charge on any atom is 0.319 e. The minimum absolute atomic E-state index is 0.00733. The highest BCUT2D eigenvalue weighted by Gasteiger charge is 2.22. The van der Waals surface area contributed by atoms with E-state index < -0.39 is 0 Å². The second kappa shape index (κ2) is 9.19. The van der Waals surface area contributed by atoms with E-state index in [0.29, 0.717) is 6.54 Å². The number of carbonyl (C=O) groups is 2. The Morgan fingerprint density at radius 3 is 2.22 bits per heavy atom. The zero-order valence-electron chi connectivity index (χ0n) is 15.6. The lowest BCUT2D eigenvalue weighted by Crippen LogP contribution is -2.47. The van der Waals surface area contributed by atoms with Gasteiger partial charge in [-0.2, -0.15) is 0 Å². The van der Waals surface area contributed by atoms with Crippen LogP contribution in [0.1, 0.15) is 18.4 Å². The Balaban J connectivity index is 1.37. The molecule has 0 unspecified atom stereocenters. The summed E-state index contributed by atoms with van der Waals surface area (Å²) in [4.78, 5) is 26.4. The first-order chi connectivity index (χ1) is 13.1. The fourth-order valence-corrected chi connectivity index (χ4v) is 3.15. The van der Waals surface area contributed by atoms with Gasteiger partial charge in [-0.3, -0.25) is 9.69 Å². The predicted octanol–water partition coefficient (Wildman–Crippen LogP) is 3.22. The van der Waals surface area contributed by atoms with Crippen molar-refractivity contribution < 1.29 is 9.59 Å². The average Bonchev–Trinajstić information content (AvgIpc) is 2.66. The van der Waals surface area contributed by atoms with E-state index in [0.717, 1.165) is 37.3 Å². The summed E-state index contributed by atoms with van der Waals surface area (Å²) < 4.78 is 0. The van der Waals surface area contributed by atoms with Crippen LogP contribution in [0.5, 0.6) is 0 Å². The fourth-order valence-electron chi connectivity index (χ4n) is 3.15. The van der Waals surface area contributed by atoms with E-state index in [4.69, 9.17) is 0 Å². The lowest BCUT2D eigenvalue weighted by molar-refractivity contribution is -0.117. The average molecular weight is 366 g/mol. The molecule has 1 aliphatic rings. The summed E-state index contributed by atoms with van der Waals surface area (Å²) in [5, 5.41) is 8.77. The van der Waals surface area contributed by atoms with E-state index in [2.05, 4.69) is 20.9 Å². The standard InChI is InChI=1S/C21H26N4O2/c1-16-7-9-18(10-8-16)22-20(26)15-25-13-11-19(12-14-25)24-21(27)23-17-5-3-2-4-6-17/h2-10,19H,11-15H2,1H3,(H,22,26)(H2,23,24,27). The number of rotatable bonds is 5. The molecule has 142 valence electrons. The third-order valence-corrected chi connectivity index (χ3v) is 4.66. The van der Waals surface area contributed by atoms with E-state index in [1.54, 1.807) is 0 Å². The molecule has 0 bridgehead atoms. The maximum atomic E-state index is 12.2. The SMILES string of the molecule is Cc1ccc(NC(=O)CN2CCC(NC(=O)Nc3ccccc3)CC2)cc1. The van der Waals surface area contributed by atoms with Crippen LogP contribution in [0.25, 0.3) is 0 Å². The Labute approximate surface area is 159 Å². The molecule has 1 saturated heterocycles. The summed E-state index contributed by atoms with van der Waals surface area (Å²) in [6.07, 6.45) is 1.67. The van der Waals surface area contributed by atoms with Gasteiger partial charge in [-0.05, 0) is 44.0 Å². The minimum atomic E-state index is -0.184. The number of benzene rings is 2. The van der Waals surface area contributed by atoms with Gasteiger partial charge in [-0.25, -0.2) is 4.79 Å². The van der Waals surface area contributed by atoms with Crippen LogP contribution in [0.2, 0.25) is 0 Å². The number of hydrogen-bond donors (Lipinski definition) is 3. The summed E-state index contributed by atoms with van der Waals surface area (Å²) in [6, 6.07) is 17.1. The third kappa shape index (κ3) is 6.11. The first-order valence-corrected chi connectivity index (χ1v) is 9.30. The highest BCUT2D eigenvalue weighted by molar-refractivity contribution is 5.92. The molecule has 6 nitrogen and oxygen atoms in total. The van der Waals surface area contributed by atoms with Crippen molar-refractivity contribution in [1.82, 2.24) is 10.2 Å². The van der Waals surface area contributed by atoms with Crippen molar-refractivity contribution in [2.45, 2.75) is 25.8 Å². The van der Waals surface area contributed by atoms with Crippen molar-refractivity contribution in [3.63, 3.8) is 0 Å². The van der Waals surface area contributed by atoms with Gasteiger partial charge in [0.05, 0.1) is 6.54 Å². The van der Waals surface area contributed by atoms with Gasteiger partial charge in [0.25, 0.3) is 0 Å². The topological polar surface area (TPSA) is 73.5 Å². The van der Waals surface area contributed by atoms with Crippen LogP contribution in [-0.2, 0) is 4.79 Å². The van der Waals surface area contributed by atoms with E-state index in [1.807, 2.05) is 61.5 Å². The number of aryl methyl sites for hydroxylation is 1. The van der Waals surface area contributed by atoms with Crippen LogP contribution in [0.4, 0.5) is 16.2 Å². The van der Waals surface area contributed by atoms with Crippen LogP contribution in [0.3, 0.4) is 0 Å². The van der Waals surface area contributed by atoms with E-state index in [-0.39, 0.29) is 18.0 Å². The molecule has 1 heterocycles. The number of nitrogens with one attached hydrogen (secondary N) is 3. The number of carbonyl (C=O) groups excluding carboxylic acids is 2. The highest BCUT2D eigenvalue weighted by atomic mass is 16.2. The smallest absolute Gasteiger partial charge is 0.319 e. The number of likely N-dealkylation sites (tertiary alicyclic amines) is 1. The molecule has 1 aliphatic heterocycles. The van der Waals surface area contributed by atoms with Crippen LogP contribution < -0.4 is 16.0 Å². The molecule has 2 aromatic carbocycles. The lowest BCUT2D eigenvalue weighted by Gasteiger charge is -2.31. The van der Waals surface area contributed by atoms with Gasteiger partial charge in [-0.15, -0.1) is 0 Å². The van der Waals surface area contributed by atoms with Gasteiger partial charge in [0, 0.05) is 30.5 Å². The molecule has 0 atom stereocenters. The van der Waals surface area contributed by atoms with Crippen molar-refractivity contribution in [3.05, 3.63) is 60.2 Å². The van der Waals surface area contributed by atoms with Crippen molar-refractivity contribution in [1.29, 1.82) is 0 Å². The van der Waals surface area contributed by atoms with E-state index in [9.17, 15) is 9.59 Å². The molecule has 3 N–H and O–H groups in total. The molecule has 0 aliphatic carbocycles.